The van der Waals surface area contributed by atoms with E-state index in [9.17, 15) is 19.8 Å². The number of nitrogens with two attached hydrogens (primary N) is 4. The van der Waals surface area contributed by atoms with Crippen LogP contribution in [0.4, 0.5) is 69.3 Å². The van der Waals surface area contributed by atoms with Crippen molar-refractivity contribution in [1.29, 1.82) is 0 Å². The second-order valence-electron chi connectivity index (χ2n) is 35.4. The van der Waals surface area contributed by atoms with Crippen molar-refractivity contribution in [3.63, 3.8) is 0 Å². The minimum Gasteiger partial charge on any atom is -0.391 e. The van der Waals surface area contributed by atoms with Crippen molar-refractivity contribution in [3.8, 4) is 45.0 Å². The number of rotatable bonds is 18. The van der Waals surface area contributed by atoms with Gasteiger partial charge in [-0.1, -0.05) is 97.1 Å². The highest BCUT2D eigenvalue weighted by Gasteiger charge is 2.38. The van der Waals surface area contributed by atoms with E-state index in [1.807, 2.05) is 163 Å². The zero-order chi connectivity index (χ0) is 92.4. The van der Waals surface area contributed by atoms with Crippen LogP contribution in [-0.4, -0.2) is 224 Å². The highest BCUT2D eigenvalue weighted by atomic mass is 16.5. The molecule has 6 saturated heterocycles. The first-order valence-corrected chi connectivity index (χ1v) is 45.3. The maximum atomic E-state index is 11.6. The maximum Gasteiger partial charge on any atom is 0.219 e. The minimum absolute atomic E-state index is 0.0907. The van der Waals surface area contributed by atoms with Gasteiger partial charge in [-0.3, -0.25) is 38.1 Å². The number of nitrogens with one attached hydrogen (secondary N) is 4. The van der Waals surface area contributed by atoms with Crippen LogP contribution in [0.1, 0.15) is 86.0 Å². The number of likely N-dealkylation sites (tertiary alicyclic amines) is 4. The first-order valence-electron chi connectivity index (χ1n) is 45.3. The number of aliphatic hydroxyl groups excluding tert-OH is 2. The minimum atomic E-state index is -0.422. The fourth-order valence-corrected chi connectivity index (χ4v) is 18.4. The van der Waals surface area contributed by atoms with Crippen LogP contribution in [0, 0.1) is 27.7 Å². The second kappa shape index (κ2) is 38.5. The molecular weight excluding hydrogens is 1690 g/mol. The third kappa shape index (κ3) is 19.4. The molecule has 6 atom stereocenters. The predicted molar refractivity (Wildman–Crippen MR) is 522 cm³/mol. The van der Waals surface area contributed by atoms with Gasteiger partial charge in [0.15, 0.2) is 0 Å². The molecule has 684 valence electrons. The topological polar surface area (TPSA) is 433 Å². The molecule has 134 heavy (non-hydrogen) atoms. The van der Waals surface area contributed by atoms with Gasteiger partial charge in [-0.25, -0.2) is 39.9 Å². The molecule has 34 nitrogen and oxygen atoms in total. The lowest BCUT2D eigenvalue weighted by molar-refractivity contribution is -0.128. The molecule has 0 aliphatic carbocycles. The largest absolute Gasteiger partial charge is 0.391 e. The van der Waals surface area contributed by atoms with E-state index < -0.39 is 12.2 Å². The number of amides is 2. The number of aromatic nitrogens is 16. The van der Waals surface area contributed by atoms with E-state index in [2.05, 4.69) is 155 Å². The van der Waals surface area contributed by atoms with Crippen LogP contribution in [0.15, 0.2) is 220 Å². The number of aryl methyl sites for hydroxylation is 4. The Morgan fingerprint density at radius 2 is 0.627 bits per heavy atom. The number of benzene rings is 4. The number of carbonyl (C=O) groups is 2. The Balaban J connectivity index is 0.000000115. The van der Waals surface area contributed by atoms with Gasteiger partial charge in [0.1, 0.15) is 46.5 Å². The standard InChI is InChI=1S/2C26H29N7O2.2C24H25N7O/c2*1-16-4-2-3-5-20(16)22-8-17-9-25(28-11-21(17)26(27)31-22)30-18-10-29-33(12-18)23-13-32(7-6-24(23)34)19-14-35-15-19;2*1-15-5-3-4-6-20(15)22-9-17-10-23(26-12-21(17)24(25)29-22)28-18-11-27-31(13-18)19-7-8-30(14-19)16(2)32/h2*2-5,8-12,19,23-24,34H,6-7,13-15H2,1H3,(H2,27,31)(H,28,30);2*3-6,9-13,19H,7-8,14H2,1-2H3,(H2,25,29)(H,26,28)/t2*23-,24-;19-;/m100./s1. The zero-order valence-corrected chi connectivity index (χ0v) is 75.5. The molecule has 34 heteroatoms. The molecular formula is C100H108N28O6. The zero-order valence-electron chi connectivity index (χ0n) is 75.5. The van der Waals surface area contributed by atoms with Crippen LogP contribution < -0.4 is 44.2 Å². The smallest absolute Gasteiger partial charge is 0.219 e. The van der Waals surface area contributed by atoms with Crippen LogP contribution in [0.5, 0.6) is 0 Å². The summed E-state index contributed by atoms with van der Waals surface area (Å²) in [6, 6.07) is 49.7. The second-order valence-corrected chi connectivity index (χ2v) is 35.4. The fraction of sp³-hybridized carbons (Fsp3) is 0.300. The van der Waals surface area contributed by atoms with Crippen LogP contribution >= 0.6 is 0 Å². The molecule has 2 amide bonds. The Labute approximate surface area is 773 Å². The molecule has 22 rings (SSSR count). The number of anilines is 12. The summed E-state index contributed by atoms with van der Waals surface area (Å²) < 4.78 is 18.3. The highest BCUT2D eigenvalue weighted by molar-refractivity contribution is 5.98. The first-order chi connectivity index (χ1) is 65.0. The number of nitrogen functional groups attached to an aromatic ring is 4. The lowest BCUT2D eigenvalue weighted by Gasteiger charge is -2.43. The summed E-state index contributed by atoms with van der Waals surface area (Å²) in [5.74, 6) is 4.85. The third-order valence-electron chi connectivity index (χ3n) is 26.2. The molecule has 4 aromatic carbocycles. The average molecular weight is 1800 g/mol. The van der Waals surface area contributed by atoms with Gasteiger partial charge in [0, 0.05) is 160 Å². The van der Waals surface area contributed by atoms with E-state index in [-0.39, 0.29) is 36.0 Å². The lowest BCUT2D eigenvalue weighted by atomic mass is 10.00. The molecule has 0 spiro atoms. The summed E-state index contributed by atoms with van der Waals surface area (Å²) in [4.78, 5) is 68.2. The molecule has 14 N–H and O–H groups in total. The summed E-state index contributed by atoms with van der Waals surface area (Å²) in [6.45, 7) is 20.8. The maximum absolute atomic E-state index is 11.6. The van der Waals surface area contributed by atoms with Crippen molar-refractivity contribution in [3.05, 3.63) is 242 Å². The number of hydrogen-bond acceptors (Lipinski definition) is 28. The number of nitrogens with zero attached hydrogens (tertiary/aromatic N) is 20. The van der Waals surface area contributed by atoms with Crippen molar-refractivity contribution < 1.29 is 29.3 Å². The molecule has 1 unspecified atom stereocenters. The Morgan fingerprint density at radius 3 is 0.888 bits per heavy atom. The molecule has 0 saturated carbocycles. The van der Waals surface area contributed by atoms with Gasteiger partial charge in [-0.05, 0) is 146 Å². The van der Waals surface area contributed by atoms with Crippen molar-refractivity contribution in [1.82, 2.24) is 98.6 Å². The Bertz CT molecular complexity index is 6600. The summed E-state index contributed by atoms with van der Waals surface area (Å²) in [5, 5.41) is 59.8. The molecule has 6 fully saturated rings. The summed E-state index contributed by atoms with van der Waals surface area (Å²) in [7, 11) is 0. The number of piperidine rings is 2. The Hall–Kier alpha value is -14.9. The molecule has 0 radical (unpaired) electrons. The number of fused-ring (bicyclic) bond motifs is 4. The number of aliphatic hydroxyl groups is 2. The van der Waals surface area contributed by atoms with Gasteiger partial charge in [0.25, 0.3) is 0 Å². The molecule has 6 aliphatic heterocycles. The van der Waals surface area contributed by atoms with Crippen molar-refractivity contribution in [2.45, 2.75) is 116 Å². The average Bonchev–Trinajstić information content (AvgIpc) is 1.30. The predicted octanol–water partition coefficient (Wildman–Crippen LogP) is 14.1. The molecule has 0 bridgehead atoms. The van der Waals surface area contributed by atoms with Gasteiger partial charge in [0.2, 0.25) is 11.8 Å². The van der Waals surface area contributed by atoms with Gasteiger partial charge < -0.3 is 73.7 Å². The van der Waals surface area contributed by atoms with Crippen LogP contribution in [0.25, 0.3) is 88.1 Å². The summed E-state index contributed by atoms with van der Waals surface area (Å²) in [6.07, 6.45) is 24.3. The van der Waals surface area contributed by atoms with Crippen molar-refractivity contribution >= 4 is 124 Å². The van der Waals surface area contributed by atoms with Crippen molar-refractivity contribution in [2.24, 2.45) is 0 Å². The number of pyridine rings is 8. The normalized spacial score (nSPS) is 18.7. The number of carbonyl (C=O) groups excluding carboxylic acids is 2. The van der Waals surface area contributed by atoms with E-state index >= 15 is 0 Å². The van der Waals surface area contributed by atoms with Gasteiger partial charge in [-0.15, -0.1) is 0 Å². The molecule has 18 heterocycles. The monoisotopic (exact) mass is 1800 g/mol. The Kier molecular flexibility index (Phi) is 25.4. The van der Waals surface area contributed by atoms with E-state index in [1.54, 1.807) is 63.4 Å². The number of ether oxygens (including phenoxy) is 2. The van der Waals surface area contributed by atoms with E-state index in [0.29, 0.717) is 71.7 Å². The third-order valence-corrected chi connectivity index (χ3v) is 26.2. The van der Waals surface area contributed by atoms with Crippen molar-refractivity contribution in [2.75, 3.05) is 123 Å². The highest BCUT2D eigenvalue weighted by Crippen LogP contribution is 2.38. The fourth-order valence-electron chi connectivity index (χ4n) is 18.4. The summed E-state index contributed by atoms with van der Waals surface area (Å²) >= 11 is 0. The quantitative estimate of drug-likeness (QED) is 0.0381. The SMILES string of the molecule is CC(=O)N1CCC(n2cc(Nc3cc4cc(-c5ccccc5C)nc(N)c4cn3)cn2)C1.CC(=O)N1CC[C@H](n2cc(Nc3cc4cc(-c5ccccc5C)nc(N)c4cn3)cn2)C1.Cc1ccccc1-c1cc2cc(Nc3cnn([C@@H]4CN(C5COC5)CC[C@H]4O)c3)ncc2c(N)n1.Cc1ccccc1-c1cc2cc(Nc3cnn([C@H]4CN(C5COC5)CC[C@@H]4O)c3)ncc2c(N)n1. The first kappa shape index (κ1) is 88.3. The molecule has 16 aromatic rings. The Morgan fingerprint density at radius 1 is 0.351 bits per heavy atom. The molecule has 12 aromatic heterocycles. The van der Waals surface area contributed by atoms with Crippen LogP contribution in [0.3, 0.4) is 0 Å². The van der Waals surface area contributed by atoms with E-state index in [4.69, 9.17) is 32.4 Å². The van der Waals surface area contributed by atoms with Crippen LogP contribution in [-0.2, 0) is 19.1 Å². The van der Waals surface area contributed by atoms with E-state index in [0.717, 1.165) is 225 Å². The van der Waals surface area contributed by atoms with Gasteiger partial charge in [0.05, 0.1) is 145 Å². The molecule has 6 aliphatic rings. The summed E-state index contributed by atoms with van der Waals surface area (Å²) in [5.41, 5.74) is 40.5. The number of hydrogen-bond donors (Lipinski definition) is 10. The lowest BCUT2D eigenvalue weighted by Crippen LogP contribution is -2.55. The van der Waals surface area contributed by atoms with Gasteiger partial charge >= 0.3 is 0 Å². The van der Waals surface area contributed by atoms with Gasteiger partial charge in [-0.2, -0.15) is 20.4 Å². The van der Waals surface area contributed by atoms with Crippen LogP contribution in [0.2, 0.25) is 0 Å². The van der Waals surface area contributed by atoms with E-state index in [1.165, 1.54) is 0 Å².